The van der Waals surface area contributed by atoms with Crippen LogP contribution in [0.15, 0.2) is 53.7 Å². The number of hydrogen-bond donors (Lipinski definition) is 4. The molecule has 1 fully saturated rings. The van der Waals surface area contributed by atoms with Gasteiger partial charge in [-0.15, -0.1) is 0 Å². The Labute approximate surface area is 414 Å². The van der Waals surface area contributed by atoms with Gasteiger partial charge in [-0.25, -0.2) is 0 Å². The first-order valence-electron chi connectivity index (χ1n) is 23.5. The summed E-state index contributed by atoms with van der Waals surface area (Å²) < 4.78 is 36.3. The molecule has 1 saturated heterocycles. The molecule has 4 N–H and O–H groups in total. The van der Waals surface area contributed by atoms with Crippen LogP contribution in [0.4, 0.5) is 5.82 Å². The fourth-order valence-electron chi connectivity index (χ4n) is 9.70. The summed E-state index contributed by atoms with van der Waals surface area (Å²) in [4.78, 5) is 102. The highest BCUT2D eigenvalue weighted by Gasteiger charge is 2.53. The molecule has 1 aromatic carbocycles. The zero-order chi connectivity index (χ0) is 52.7. The maximum atomic E-state index is 15.1. The lowest BCUT2D eigenvalue weighted by Gasteiger charge is -2.39. The molecule has 72 heavy (non-hydrogen) atoms. The van der Waals surface area contributed by atoms with E-state index in [1.165, 1.54) is 73.6 Å². The lowest BCUT2D eigenvalue weighted by molar-refractivity contribution is -0.389. The smallest absolute Gasteiger partial charge is 0.414 e. The zero-order valence-corrected chi connectivity index (χ0v) is 41.4. The summed E-state index contributed by atoms with van der Waals surface area (Å²) in [7, 11) is 1.40. The Bertz CT molecular complexity index is 2680. The number of nitrogens with zero attached hydrogens (tertiary/aromatic N) is 5. The summed E-state index contributed by atoms with van der Waals surface area (Å²) in [6.45, 7) is 11.8. The second-order valence-corrected chi connectivity index (χ2v) is 18.9. The highest BCUT2D eigenvalue weighted by molar-refractivity contribution is 6.32. The van der Waals surface area contributed by atoms with Gasteiger partial charge in [0.15, 0.2) is 0 Å². The third-order valence-electron chi connectivity index (χ3n) is 14.0. The lowest BCUT2D eigenvalue weighted by Crippen LogP contribution is -2.52. The maximum Gasteiger partial charge on any atom is 0.414 e. The Morgan fingerprint density at radius 3 is 2.32 bits per heavy atom. The average molecular weight is 1010 g/mol. The summed E-state index contributed by atoms with van der Waals surface area (Å²) in [5.41, 5.74) is -2.17. The van der Waals surface area contributed by atoms with E-state index in [1.807, 2.05) is 0 Å². The number of esters is 1. The number of benzene rings is 1. The van der Waals surface area contributed by atoms with Gasteiger partial charge in [-0.1, -0.05) is 45.9 Å². The number of ether oxygens (including phenoxy) is 6. The zero-order valence-electron chi connectivity index (χ0n) is 41.4. The molecular weight excluding hydrogens is 945 g/mol. The topological polar surface area (TPSA) is 298 Å². The number of methoxy groups -OCH3 is 1. The van der Waals surface area contributed by atoms with Crippen molar-refractivity contribution in [3.8, 4) is 17.5 Å². The first-order chi connectivity index (χ1) is 34.0. The van der Waals surface area contributed by atoms with E-state index in [9.17, 15) is 49.4 Å². The normalized spacial score (nSPS) is 30.8. The predicted octanol–water partition coefficient (Wildman–Crippen LogP) is 2.68. The number of imidazole rings is 1. The average Bonchev–Trinajstić information content (AvgIpc) is 3.90. The van der Waals surface area contributed by atoms with Crippen molar-refractivity contribution in [3.63, 3.8) is 0 Å². The van der Waals surface area contributed by atoms with Crippen molar-refractivity contribution >= 4 is 41.0 Å². The number of rotatable bonds is 7. The number of carbonyl (C=O) groups excluding carboxylic acids is 6. The molecule has 1 aromatic heterocycles. The van der Waals surface area contributed by atoms with Crippen molar-refractivity contribution in [2.45, 2.75) is 98.2 Å². The minimum atomic E-state index is -2.17. The largest absolute Gasteiger partial charge is 0.507 e. The molecule has 2 amide bonds. The summed E-state index contributed by atoms with van der Waals surface area (Å²) in [6, 6.07) is 0.0549. The Morgan fingerprint density at radius 2 is 1.67 bits per heavy atom. The Balaban J connectivity index is 1.22. The Morgan fingerprint density at radius 1 is 0.972 bits per heavy atom. The highest BCUT2D eigenvalue weighted by Crippen LogP contribution is 2.49. The second-order valence-electron chi connectivity index (χ2n) is 18.9. The minimum Gasteiger partial charge on any atom is -0.507 e. The molecule has 0 spiro atoms. The number of fused-ring (bicyclic) bond motifs is 15. The van der Waals surface area contributed by atoms with Crippen LogP contribution in [0.1, 0.15) is 85.1 Å². The standard InChI is InChI=1S/C49H60N6O17/c1-23-11-10-12-24(2)47(64)51-37-38(53-16-14-52(15-17-53)33(57)22-68-30-19-54-20-32(55(65)66)50-48(54)69-21-30)43(62)34-35(42(37)61)41(60)28(6)45-36(34)46(63)49(8,72-45)70-18-13-31(67-9)25(3)44(71-29(7)56)27(5)40(59)26(4)39(23)58/h10-13,18,20,23,25-27,30-31,39-40,44,58-60H,14-17,19,21-22H2,1-9H3,(H,51,64)/b11-10+,18-13+,24-12-/t23-,25+,26+,27+,30-,31-,39-,40+,44+,49-/m0/s1. The van der Waals surface area contributed by atoms with Gasteiger partial charge in [-0.3, -0.25) is 33.3 Å². The number of phenolic OH excluding ortho intramolecular Hbond substituents is 1. The number of carbonyl (C=O) groups is 6. The fraction of sp³-hybridized carbons (Fsp3) is 0.531. The molecule has 10 atom stereocenters. The van der Waals surface area contributed by atoms with Crippen molar-refractivity contribution in [2.24, 2.45) is 23.7 Å². The van der Waals surface area contributed by atoms with Gasteiger partial charge in [0.05, 0.1) is 47.8 Å². The molecule has 6 aliphatic rings. The first-order valence-corrected chi connectivity index (χ1v) is 23.5. The summed E-state index contributed by atoms with van der Waals surface area (Å²) in [6.07, 6.45) is 3.60. The Hall–Kier alpha value is -6.95. The van der Waals surface area contributed by atoms with Crippen molar-refractivity contribution in [1.82, 2.24) is 24.7 Å². The van der Waals surface area contributed by atoms with Crippen LogP contribution in [-0.4, -0.2) is 158 Å². The number of aliphatic hydroxyl groups excluding tert-OH is 2. The molecule has 23 nitrogen and oxygen atoms in total. The number of aromatic hydroxyl groups is 1. The SMILES string of the molecule is CO[C@H]1/C=C/O[C@@]2(C)Oc3c(C)c(O)c4c(c3C2=O)C(=O)C(N2CCN(C(=O)CO[C@@H]3COc5nc([N+](=O)[O-])cn5C3)CC2)=C(NC(=O)/C(C)=C\C=C\[C@H](C)[C@H](O)[C@@H](C)[C@@H](O)[C@@H](C)[C@H](OC(C)=O)[C@@H]1C)C4=O. The van der Waals surface area contributed by atoms with E-state index in [-0.39, 0.29) is 80.1 Å². The summed E-state index contributed by atoms with van der Waals surface area (Å²) in [5.74, 6) is -10.8. The number of Topliss-reactive ketones (excluding diaryl/α,β-unsaturated/α-hetero) is 3. The molecule has 23 heteroatoms. The number of piperazine rings is 1. The van der Waals surface area contributed by atoms with Gasteiger partial charge in [0.25, 0.3) is 11.7 Å². The van der Waals surface area contributed by atoms with Crippen LogP contribution >= 0.6 is 0 Å². The summed E-state index contributed by atoms with van der Waals surface area (Å²) in [5, 5.41) is 48.5. The van der Waals surface area contributed by atoms with Crippen LogP contribution in [0.2, 0.25) is 0 Å². The Kier molecular flexibility index (Phi) is 15.4. The molecule has 6 heterocycles. The number of aliphatic hydroxyl groups is 2. The van der Waals surface area contributed by atoms with Gasteiger partial charge in [-0.2, -0.15) is 0 Å². The number of amides is 2. The summed E-state index contributed by atoms with van der Waals surface area (Å²) >= 11 is 0. The van der Waals surface area contributed by atoms with E-state index in [0.717, 1.165) is 6.26 Å². The minimum absolute atomic E-state index is 0.00632. The number of nitrogens with one attached hydrogen (secondary N) is 1. The van der Waals surface area contributed by atoms with Crippen LogP contribution in [0, 0.1) is 40.7 Å². The second kappa shape index (κ2) is 21.0. The van der Waals surface area contributed by atoms with Crippen LogP contribution in [0.5, 0.6) is 17.5 Å². The third kappa shape index (κ3) is 10.1. The molecule has 388 valence electrons. The molecule has 0 radical (unpaired) electrons. The van der Waals surface area contributed by atoms with E-state index >= 15 is 4.79 Å². The molecule has 0 saturated carbocycles. The van der Waals surface area contributed by atoms with Gasteiger partial charge < -0.3 is 69.0 Å². The number of ketones is 3. The molecular formula is C49H60N6O17. The lowest BCUT2D eigenvalue weighted by atomic mass is 9.78. The molecule has 0 unspecified atom stereocenters. The highest BCUT2D eigenvalue weighted by atomic mass is 16.7. The quantitative estimate of drug-likeness (QED) is 0.176. The van der Waals surface area contributed by atoms with Crippen molar-refractivity contribution in [3.05, 3.63) is 86.1 Å². The van der Waals surface area contributed by atoms with E-state index < -0.39 is 128 Å². The number of phenols is 1. The van der Waals surface area contributed by atoms with Gasteiger partial charge >= 0.3 is 23.6 Å². The molecule has 2 aromatic rings. The van der Waals surface area contributed by atoms with Crippen LogP contribution in [0.3, 0.4) is 0 Å². The monoisotopic (exact) mass is 1000 g/mol. The van der Waals surface area contributed by atoms with E-state index in [2.05, 4.69) is 10.3 Å². The number of nitro groups is 1. The van der Waals surface area contributed by atoms with E-state index in [4.69, 9.17) is 28.4 Å². The predicted molar refractivity (Wildman–Crippen MR) is 250 cm³/mol. The van der Waals surface area contributed by atoms with Crippen LogP contribution in [-0.2, 0) is 39.9 Å². The number of hydrogen-bond acceptors (Lipinski definition) is 19. The van der Waals surface area contributed by atoms with E-state index in [0.29, 0.717) is 0 Å². The van der Waals surface area contributed by atoms with Crippen molar-refractivity contribution < 1.29 is 77.4 Å². The number of allylic oxidation sites excluding steroid dienone is 4. The maximum absolute atomic E-state index is 15.1. The first kappa shape index (κ1) is 52.9. The fourth-order valence-corrected chi connectivity index (χ4v) is 9.70. The molecule has 5 aliphatic heterocycles. The van der Waals surface area contributed by atoms with Gasteiger partial charge in [-0.05, 0) is 24.8 Å². The van der Waals surface area contributed by atoms with Crippen molar-refractivity contribution in [1.29, 1.82) is 0 Å². The molecule has 8 rings (SSSR count). The van der Waals surface area contributed by atoms with Crippen LogP contribution in [0.25, 0.3) is 0 Å². The van der Waals surface area contributed by atoms with Crippen molar-refractivity contribution in [2.75, 3.05) is 46.5 Å². The van der Waals surface area contributed by atoms with Crippen LogP contribution < -0.4 is 14.8 Å². The van der Waals surface area contributed by atoms with Gasteiger partial charge in [0.2, 0.25) is 17.5 Å². The van der Waals surface area contributed by atoms with Gasteiger partial charge in [0, 0.05) is 86.9 Å². The third-order valence-corrected chi connectivity index (χ3v) is 14.0. The van der Waals surface area contributed by atoms with Gasteiger partial charge in [0.1, 0.15) is 54.5 Å². The van der Waals surface area contributed by atoms with E-state index in [1.54, 1.807) is 33.8 Å². The molecule has 1 aliphatic carbocycles. The number of aromatic nitrogens is 2. The molecule has 5 bridgehead atoms.